The lowest BCUT2D eigenvalue weighted by Gasteiger charge is -2.14. The molecule has 0 saturated heterocycles. The summed E-state index contributed by atoms with van der Waals surface area (Å²) in [4.78, 5) is 0. The van der Waals surface area contributed by atoms with Crippen molar-refractivity contribution < 1.29 is 36.2 Å². The molecule has 2 rings (SSSR count). The standard InChI is InChI=1S/C15H10F6O2/c16-14(17,18)13-7-10(1-2-11(13)8-22)9-3-5-12(6-4-9)23-15(19,20)21/h1-7,22H,8H2. The predicted molar refractivity (Wildman–Crippen MR) is 69.5 cm³/mol. The number of benzene rings is 2. The fraction of sp³-hybridized carbons (Fsp3) is 0.200. The van der Waals surface area contributed by atoms with Crippen molar-refractivity contribution in [2.45, 2.75) is 19.1 Å². The number of ether oxygens (including phenoxy) is 1. The zero-order valence-electron chi connectivity index (χ0n) is 11.4. The lowest BCUT2D eigenvalue weighted by Crippen LogP contribution is -2.16. The minimum atomic E-state index is -4.84. The minimum Gasteiger partial charge on any atom is -0.406 e. The fourth-order valence-corrected chi connectivity index (χ4v) is 2.01. The molecule has 1 N–H and O–H groups in total. The highest BCUT2D eigenvalue weighted by molar-refractivity contribution is 5.66. The average molecular weight is 336 g/mol. The van der Waals surface area contributed by atoms with E-state index in [1.807, 2.05) is 0 Å². The van der Waals surface area contributed by atoms with Gasteiger partial charge in [-0.2, -0.15) is 13.2 Å². The molecule has 0 aliphatic carbocycles. The zero-order valence-corrected chi connectivity index (χ0v) is 11.4. The first-order valence-electron chi connectivity index (χ1n) is 6.27. The molecule has 0 fully saturated rings. The molecule has 0 unspecified atom stereocenters. The molecule has 23 heavy (non-hydrogen) atoms. The van der Waals surface area contributed by atoms with Crippen LogP contribution in [0.4, 0.5) is 26.3 Å². The van der Waals surface area contributed by atoms with Crippen molar-refractivity contribution in [3.63, 3.8) is 0 Å². The van der Waals surface area contributed by atoms with Crippen molar-refractivity contribution in [3.05, 3.63) is 53.6 Å². The first-order chi connectivity index (χ1) is 10.6. The van der Waals surface area contributed by atoms with Crippen LogP contribution in [0.1, 0.15) is 11.1 Å². The van der Waals surface area contributed by atoms with Gasteiger partial charge in [0.1, 0.15) is 5.75 Å². The maximum atomic E-state index is 12.9. The Morgan fingerprint density at radius 2 is 1.39 bits per heavy atom. The number of halogens is 6. The third-order valence-electron chi connectivity index (χ3n) is 3.01. The van der Waals surface area contributed by atoms with Crippen molar-refractivity contribution in [2.75, 3.05) is 0 Å². The van der Waals surface area contributed by atoms with Gasteiger partial charge in [-0.25, -0.2) is 0 Å². The van der Waals surface area contributed by atoms with Gasteiger partial charge in [0.05, 0.1) is 12.2 Å². The SMILES string of the molecule is OCc1ccc(-c2ccc(OC(F)(F)F)cc2)cc1C(F)(F)F. The molecular formula is C15H10F6O2. The minimum absolute atomic E-state index is 0.160. The van der Waals surface area contributed by atoms with E-state index in [0.29, 0.717) is 0 Å². The van der Waals surface area contributed by atoms with Gasteiger partial charge >= 0.3 is 12.5 Å². The van der Waals surface area contributed by atoms with E-state index in [1.54, 1.807) is 0 Å². The molecule has 2 aromatic rings. The molecule has 0 aromatic heterocycles. The van der Waals surface area contributed by atoms with Crippen LogP contribution in [0.25, 0.3) is 11.1 Å². The van der Waals surface area contributed by atoms with Crippen LogP contribution in [-0.4, -0.2) is 11.5 Å². The van der Waals surface area contributed by atoms with E-state index in [4.69, 9.17) is 5.11 Å². The third-order valence-corrected chi connectivity index (χ3v) is 3.01. The number of hydrogen-bond donors (Lipinski definition) is 1. The molecule has 124 valence electrons. The van der Waals surface area contributed by atoms with Crippen molar-refractivity contribution >= 4 is 0 Å². The summed E-state index contributed by atoms with van der Waals surface area (Å²) in [5.74, 6) is -0.468. The second kappa shape index (κ2) is 6.11. The maximum Gasteiger partial charge on any atom is 0.573 e. The summed E-state index contributed by atoms with van der Waals surface area (Å²) < 4.78 is 78.7. The highest BCUT2D eigenvalue weighted by atomic mass is 19.4. The van der Waals surface area contributed by atoms with Crippen LogP contribution in [0.3, 0.4) is 0 Å². The van der Waals surface area contributed by atoms with E-state index in [1.165, 1.54) is 18.2 Å². The second-order valence-electron chi connectivity index (χ2n) is 4.60. The number of alkyl halides is 6. The summed E-state index contributed by atoms with van der Waals surface area (Å²) in [6, 6.07) is 7.76. The molecule has 0 bridgehead atoms. The Balaban J connectivity index is 2.35. The van der Waals surface area contributed by atoms with Crippen LogP contribution in [0.5, 0.6) is 5.75 Å². The smallest absolute Gasteiger partial charge is 0.406 e. The van der Waals surface area contributed by atoms with E-state index in [9.17, 15) is 26.3 Å². The molecule has 0 atom stereocenters. The monoisotopic (exact) mass is 336 g/mol. The van der Waals surface area contributed by atoms with Crippen LogP contribution in [0, 0.1) is 0 Å². The van der Waals surface area contributed by atoms with Gasteiger partial charge in [0.2, 0.25) is 0 Å². The summed E-state index contributed by atoms with van der Waals surface area (Å²) in [5, 5.41) is 8.96. The molecule has 2 nitrogen and oxygen atoms in total. The predicted octanol–water partition coefficient (Wildman–Crippen LogP) is 4.76. The molecule has 0 amide bonds. The summed E-state index contributed by atoms with van der Waals surface area (Å²) in [5.41, 5.74) is -0.825. The van der Waals surface area contributed by atoms with E-state index in [2.05, 4.69) is 4.74 Å². The highest BCUT2D eigenvalue weighted by Gasteiger charge is 2.33. The lowest BCUT2D eigenvalue weighted by atomic mass is 9.99. The van der Waals surface area contributed by atoms with Crippen LogP contribution in [0.2, 0.25) is 0 Å². The van der Waals surface area contributed by atoms with E-state index < -0.39 is 30.5 Å². The van der Waals surface area contributed by atoms with E-state index >= 15 is 0 Å². The van der Waals surface area contributed by atoms with Crippen LogP contribution >= 0.6 is 0 Å². The highest BCUT2D eigenvalue weighted by Crippen LogP contribution is 2.35. The summed E-state index contributed by atoms with van der Waals surface area (Å²) in [6.45, 7) is -0.770. The Hall–Kier alpha value is -2.22. The maximum absolute atomic E-state index is 12.9. The van der Waals surface area contributed by atoms with Gasteiger partial charge in [-0.05, 0) is 34.9 Å². The number of aliphatic hydroxyl groups is 1. The van der Waals surface area contributed by atoms with Gasteiger partial charge < -0.3 is 9.84 Å². The molecule has 0 heterocycles. The largest absolute Gasteiger partial charge is 0.573 e. The van der Waals surface area contributed by atoms with Gasteiger partial charge in [-0.15, -0.1) is 13.2 Å². The van der Waals surface area contributed by atoms with Gasteiger partial charge in [-0.1, -0.05) is 24.3 Å². The van der Waals surface area contributed by atoms with Crippen molar-refractivity contribution in [2.24, 2.45) is 0 Å². The molecule has 0 aliphatic rings. The Labute approximate surface area is 126 Å². The molecule has 0 radical (unpaired) electrons. The zero-order chi connectivity index (χ0) is 17.3. The molecule has 0 saturated carbocycles. The molecule has 0 aliphatic heterocycles. The van der Waals surface area contributed by atoms with Crippen LogP contribution in [-0.2, 0) is 12.8 Å². The third kappa shape index (κ3) is 4.38. The van der Waals surface area contributed by atoms with Crippen molar-refractivity contribution in [3.8, 4) is 16.9 Å². The summed E-state index contributed by atoms with van der Waals surface area (Å²) in [7, 11) is 0. The quantitative estimate of drug-likeness (QED) is 0.819. The molecule has 2 aromatic carbocycles. The van der Waals surface area contributed by atoms with Gasteiger partial charge in [-0.3, -0.25) is 0 Å². The van der Waals surface area contributed by atoms with Crippen LogP contribution < -0.4 is 4.74 Å². The first-order valence-corrected chi connectivity index (χ1v) is 6.27. The van der Waals surface area contributed by atoms with Gasteiger partial charge in [0.15, 0.2) is 0 Å². The average Bonchev–Trinajstić information content (AvgIpc) is 2.45. The number of hydrogen-bond acceptors (Lipinski definition) is 2. The van der Waals surface area contributed by atoms with E-state index in [0.717, 1.165) is 24.3 Å². The Morgan fingerprint density at radius 3 is 1.87 bits per heavy atom. The van der Waals surface area contributed by atoms with Crippen molar-refractivity contribution in [1.82, 2.24) is 0 Å². The van der Waals surface area contributed by atoms with Crippen molar-refractivity contribution in [1.29, 1.82) is 0 Å². The van der Waals surface area contributed by atoms with Crippen LogP contribution in [0.15, 0.2) is 42.5 Å². The molecular weight excluding hydrogens is 326 g/mol. The molecule has 8 heteroatoms. The number of aliphatic hydroxyl groups excluding tert-OH is 1. The lowest BCUT2D eigenvalue weighted by molar-refractivity contribution is -0.274. The topological polar surface area (TPSA) is 29.5 Å². The Morgan fingerprint density at radius 1 is 0.826 bits per heavy atom. The Kier molecular flexibility index (Phi) is 4.56. The second-order valence-corrected chi connectivity index (χ2v) is 4.60. The molecule has 0 spiro atoms. The summed E-state index contributed by atoms with van der Waals surface area (Å²) >= 11 is 0. The normalized spacial score (nSPS) is 12.3. The summed E-state index contributed by atoms with van der Waals surface area (Å²) in [6.07, 6.45) is -9.48. The fourth-order valence-electron chi connectivity index (χ4n) is 2.01. The van der Waals surface area contributed by atoms with Gasteiger partial charge in [0, 0.05) is 0 Å². The Bertz CT molecular complexity index is 674. The van der Waals surface area contributed by atoms with E-state index in [-0.39, 0.29) is 16.7 Å². The first kappa shape index (κ1) is 17.1. The number of rotatable bonds is 3. The van der Waals surface area contributed by atoms with Gasteiger partial charge in [0.25, 0.3) is 0 Å².